The van der Waals surface area contributed by atoms with E-state index in [0.29, 0.717) is 23.7 Å². The highest BCUT2D eigenvalue weighted by Gasteiger charge is 2.29. The predicted molar refractivity (Wildman–Crippen MR) is 144 cm³/mol. The number of ether oxygens (including phenoxy) is 2. The van der Waals surface area contributed by atoms with Crippen LogP contribution in [0.2, 0.25) is 0 Å². The molecule has 2 heterocycles. The third kappa shape index (κ3) is 5.23. The number of esters is 2. The van der Waals surface area contributed by atoms with Crippen LogP contribution < -0.4 is 5.32 Å². The standard InChI is InChI=1S/C28H34N2O5S/c1-9-13-30-21-12-11-19(15(3)4)14-20(21)17(7)23(30)25(31)29-26-22(27(32)34-10-2)18(8)24(36-26)28(33)35-16(5)6/h9,11-12,14-16H,1,10,13H2,2-8H3,(H,29,31). The highest BCUT2D eigenvalue weighted by atomic mass is 32.1. The fourth-order valence-corrected chi connectivity index (χ4v) is 5.26. The molecule has 0 aliphatic heterocycles. The van der Waals surface area contributed by atoms with Gasteiger partial charge in [-0.2, -0.15) is 0 Å². The maximum absolute atomic E-state index is 13.7. The van der Waals surface area contributed by atoms with Crippen LogP contribution in [0.4, 0.5) is 5.00 Å². The molecule has 7 nitrogen and oxygen atoms in total. The van der Waals surface area contributed by atoms with Gasteiger partial charge in [0, 0.05) is 17.4 Å². The zero-order valence-corrected chi connectivity index (χ0v) is 22.8. The first-order valence-corrected chi connectivity index (χ1v) is 12.9. The summed E-state index contributed by atoms with van der Waals surface area (Å²) >= 11 is 1.01. The van der Waals surface area contributed by atoms with Crippen molar-refractivity contribution in [2.45, 2.75) is 67.0 Å². The molecule has 0 saturated carbocycles. The minimum Gasteiger partial charge on any atom is -0.462 e. The van der Waals surface area contributed by atoms with Gasteiger partial charge in [0.2, 0.25) is 0 Å². The summed E-state index contributed by atoms with van der Waals surface area (Å²) in [6.45, 7) is 17.5. The number of rotatable bonds is 9. The Bertz CT molecular complexity index is 1330. The van der Waals surface area contributed by atoms with Gasteiger partial charge in [0.05, 0.1) is 18.3 Å². The lowest BCUT2D eigenvalue weighted by Gasteiger charge is -2.11. The van der Waals surface area contributed by atoms with Gasteiger partial charge in [-0.3, -0.25) is 4.79 Å². The summed E-state index contributed by atoms with van der Waals surface area (Å²) in [7, 11) is 0. The average Bonchev–Trinajstić information content (AvgIpc) is 3.27. The Labute approximate surface area is 216 Å². The van der Waals surface area contributed by atoms with Crippen LogP contribution in [0.1, 0.15) is 87.7 Å². The molecule has 8 heteroatoms. The molecular weight excluding hydrogens is 476 g/mol. The van der Waals surface area contributed by atoms with E-state index in [1.54, 1.807) is 33.8 Å². The van der Waals surface area contributed by atoms with Crippen LogP contribution in [0.15, 0.2) is 30.9 Å². The molecule has 2 aromatic heterocycles. The summed E-state index contributed by atoms with van der Waals surface area (Å²) in [6, 6.07) is 6.21. The molecule has 0 spiro atoms. The first kappa shape index (κ1) is 27.2. The number of anilines is 1. The molecule has 0 unspecified atom stereocenters. The number of nitrogens with zero attached hydrogens (tertiary/aromatic N) is 1. The number of benzene rings is 1. The van der Waals surface area contributed by atoms with Crippen LogP contribution in [0.3, 0.4) is 0 Å². The number of thiophene rings is 1. The molecule has 0 bridgehead atoms. The molecule has 0 radical (unpaired) electrons. The van der Waals surface area contributed by atoms with E-state index < -0.39 is 11.9 Å². The molecule has 1 N–H and O–H groups in total. The van der Waals surface area contributed by atoms with E-state index in [0.717, 1.165) is 27.8 Å². The van der Waals surface area contributed by atoms with Crippen molar-refractivity contribution in [1.29, 1.82) is 0 Å². The number of carbonyl (C=O) groups is 3. The molecule has 36 heavy (non-hydrogen) atoms. The number of hydrogen-bond donors (Lipinski definition) is 1. The lowest BCUT2D eigenvalue weighted by Crippen LogP contribution is -2.19. The monoisotopic (exact) mass is 510 g/mol. The summed E-state index contributed by atoms with van der Waals surface area (Å²) in [4.78, 5) is 39.4. The lowest BCUT2D eigenvalue weighted by atomic mass is 10.0. The predicted octanol–water partition coefficient (Wildman–Crippen LogP) is 6.62. The second kappa shape index (κ2) is 11.1. The van der Waals surface area contributed by atoms with Gasteiger partial charge in [-0.05, 0) is 69.4 Å². The largest absolute Gasteiger partial charge is 0.462 e. The number of aromatic nitrogens is 1. The molecule has 0 fully saturated rings. The first-order valence-electron chi connectivity index (χ1n) is 12.1. The second-order valence-electron chi connectivity index (χ2n) is 9.19. The van der Waals surface area contributed by atoms with Crippen LogP contribution >= 0.6 is 11.3 Å². The van der Waals surface area contributed by atoms with Crippen molar-refractivity contribution in [3.63, 3.8) is 0 Å². The normalized spacial score (nSPS) is 11.2. The molecule has 3 aromatic rings. The Morgan fingerprint density at radius 1 is 1.11 bits per heavy atom. The maximum atomic E-state index is 13.7. The molecule has 0 aliphatic carbocycles. The van der Waals surface area contributed by atoms with Crippen molar-refractivity contribution in [3.05, 3.63) is 63.7 Å². The molecule has 0 aliphatic rings. The Balaban J connectivity index is 2.12. The summed E-state index contributed by atoms with van der Waals surface area (Å²) in [5.74, 6) is -1.18. The van der Waals surface area contributed by atoms with E-state index in [4.69, 9.17) is 9.47 Å². The van der Waals surface area contributed by atoms with Crippen molar-refractivity contribution in [1.82, 2.24) is 4.57 Å². The summed E-state index contributed by atoms with van der Waals surface area (Å²) < 4.78 is 12.5. The van der Waals surface area contributed by atoms with Gasteiger partial charge >= 0.3 is 11.9 Å². The van der Waals surface area contributed by atoms with Crippen LogP contribution in [0.5, 0.6) is 0 Å². The summed E-state index contributed by atoms with van der Waals surface area (Å²) in [5.41, 5.74) is 3.99. The van der Waals surface area contributed by atoms with Crippen LogP contribution in [0, 0.1) is 13.8 Å². The van der Waals surface area contributed by atoms with Crippen molar-refractivity contribution in [2.24, 2.45) is 0 Å². The zero-order valence-electron chi connectivity index (χ0n) is 22.0. The van der Waals surface area contributed by atoms with Crippen molar-refractivity contribution in [3.8, 4) is 0 Å². The number of hydrogen-bond acceptors (Lipinski definition) is 6. The molecular formula is C28H34N2O5S. The molecule has 0 atom stereocenters. The average molecular weight is 511 g/mol. The van der Waals surface area contributed by atoms with Crippen molar-refractivity contribution >= 4 is 45.1 Å². The Morgan fingerprint density at radius 3 is 2.39 bits per heavy atom. The minimum absolute atomic E-state index is 0.164. The molecule has 1 aromatic carbocycles. The van der Waals surface area contributed by atoms with Gasteiger partial charge in [-0.15, -0.1) is 17.9 Å². The minimum atomic E-state index is -0.602. The van der Waals surface area contributed by atoms with E-state index >= 15 is 0 Å². The Morgan fingerprint density at radius 2 is 1.81 bits per heavy atom. The topological polar surface area (TPSA) is 86.6 Å². The molecule has 0 saturated heterocycles. The summed E-state index contributed by atoms with van der Waals surface area (Å²) in [5, 5.41) is 4.13. The molecule has 192 valence electrons. The van der Waals surface area contributed by atoms with E-state index in [1.165, 1.54) is 5.56 Å². The number of allylic oxidation sites excluding steroid dienone is 1. The smallest absolute Gasteiger partial charge is 0.348 e. The highest BCUT2D eigenvalue weighted by molar-refractivity contribution is 7.18. The van der Waals surface area contributed by atoms with Gasteiger partial charge in [0.1, 0.15) is 15.6 Å². The van der Waals surface area contributed by atoms with Crippen LogP contribution in [-0.2, 0) is 16.0 Å². The Hall–Kier alpha value is -3.39. The zero-order chi connectivity index (χ0) is 26.7. The number of nitrogens with one attached hydrogen (secondary N) is 1. The van der Waals surface area contributed by atoms with E-state index in [-0.39, 0.29) is 34.1 Å². The van der Waals surface area contributed by atoms with Gasteiger partial charge in [-0.1, -0.05) is 26.0 Å². The van der Waals surface area contributed by atoms with Gasteiger partial charge < -0.3 is 19.4 Å². The van der Waals surface area contributed by atoms with Crippen molar-refractivity contribution < 1.29 is 23.9 Å². The van der Waals surface area contributed by atoms with Gasteiger partial charge in [0.25, 0.3) is 5.91 Å². The third-order valence-electron chi connectivity index (χ3n) is 5.92. The van der Waals surface area contributed by atoms with Crippen molar-refractivity contribution in [2.75, 3.05) is 11.9 Å². The number of aryl methyl sites for hydroxylation is 1. The third-order valence-corrected chi connectivity index (χ3v) is 7.10. The van der Waals surface area contributed by atoms with E-state index in [2.05, 4.69) is 37.9 Å². The number of amides is 1. The molecule has 3 rings (SSSR count). The molecule has 1 amide bonds. The van der Waals surface area contributed by atoms with Crippen LogP contribution in [-0.4, -0.2) is 35.1 Å². The second-order valence-corrected chi connectivity index (χ2v) is 10.2. The summed E-state index contributed by atoms with van der Waals surface area (Å²) in [6.07, 6.45) is 1.42. The highest BCUT2D eigenvalue weighted by Crippen LogP contribution is 2.36. The number of fused-ring (bicyclic) bond motifs is 1. The Kier molecular flexibility index (Phi) is 8.40. The van der Waals surface area contributed by atoms with Gasteiger partial charge in [-0.25, -0.2) is 9.59 Å². The van der Waals surface area contributed by atoms with Crippen LogP contribution in [0.25, 0.3) is 10.9 Å². The van der Waals surface area contributed by atoms with E-state index in [9.17, 15) is 14.4 Å². The van der Waals surface area contributed by atoms with Gasteiger partial charge in [0.15, 0.2) is 0 Å². The quantitative estimate of drug-likeness (QED) is 0.258. The SMILES string of the molecule is C=CCn1c(C(=O)Nc2sc(C(=O)OC(C)C)c(C)c2C(=O)OCC)c(C)c2cc(C(C)C)ccc21. The fraction of sp³-hybridized carbons (Fsp3) is 0.393. The maximum Gasteiger partial charge on any atom is 0.348 e. The fourth-order valence-electron chi connectivity index (χ4n) is 4.19. The van der Waals surface area contributed by atoms with E-state index in [1.807, 2.05) is 17.6 Å². The number of carbonyl (C=O) groups excluding carboxylic acids is 3. The lowest BCUT2D eigenvalue weighted by molar-refractivity contribution is 0.0383. The first-order chi connectivity index (χ1) is 17.0.